The molecule has 2 aliphatic heterocycles. The van der Waals surface area contributed by atoms with E-state index in [0.717, 1.165) is 18.8 Å². The highest BCUT2D eigenvalue weighted by molar-refractivity contribution is 8.04. The molecule has 3 nitrogen and oxygen atoms in total. The largest absolute Gasteiger partial charge is 0.335 e. The summed E-state index contributed by atoms with van der Waals surface area (Å²) in [4.78, 5) is 7.41. The molecule has 0 radical (unpaired) electrons. The summed E-state index contributed by atoms with van der Waals surface area (Å²) in [5, 5.41) is 6.29. The summed E-state index contributed by atoms with van der Waals surface area (Å²) in [5.41, 5.74) is 7.31. The van der Waals surface area contributed by atoms with Crippen molar-refractivity contribution < 1.29 is 4.40 Å². The SMILES string of the molecule is CCN1C(=CC=Cc2cc(C=CC=C3Sc4ccccc4N3CC)[n+]3c4ccccc4c4ccccc4c3c2)Sc2ccccc21. The Morgan fingerprint density at radius 2 is 1.09 bits per heavy atom. The molecule has 0 N–H and O–H groups in total. The predicted molar refractivity (Wildman–Crippen MR) is 199 cm³/mol. The lowest BCUT2D eigenvalue weighted by atomic mass is 10.0. The van der Waals surface area contributed by atoms with Crippen LogP contribution in [0.1, 0.15) is 25.1 Å². The zero-order chi connectivity index (χ0) is 31.0. The average molecular weight is 633 g/mol. The summed E-state index contributed by atoms with van der Waals surface area (Å²) >= 11 is 3.68. The Morgan fingerprint density at radius 3 is 1.72 bits per heavy atom. The lowest BCUT2D eigenvalue weighted by molar-refractivity contribution is -0.482. The molecule has 0 spiro atoms. The van der Waals surface area contributed by atoms with Crippen LogP contribution in [-0.4, -0.2) is 13.1 Å². The van der Waals surface area contributed by atoms with E-state index >= 15 is 0 Å². The number of hydrogen-bond donors (Lipinski definition) is 0. The van der Waals surface area contributed by atoms with Crippen LogP contribution < -0.4 is 14.2 Å². The lowest BCUT2D eigenvalue weighted by Crippen LogP contribution is -2.27. The fraction of sp³-hybridized carbons (Fsp3) is 0.0976. The molecule has 0 saturated carbocycles. The van der Waals surface area contributed by atoms with Gasteiger partial charge in [0.1, 0.15) is 0 Å². The fourth-order valence-electron chi connectivity index (χ4n) is 6.64. The minimum Gasteiger partial charge on any atom is -0.335 e. The molecule has 0 unspecified atom stereocenters. The molecule has 0 bridgehead atoms. The number of para-hydroxylation sites is 3. The van der Waals surface area contributed by atoms with E-state index in [0.29, 0.717) is 0 Å². The van der Waals surface area contributed by atoms with Gasteiger partial charge in [-0.25, -0.2) is 0 Å². The Bertz CT molecular complexity index is 2260. The van der Waals surface area contributed by atoms with Crippen LogP contribution in [-0.2, 0) is 0 Å². The Hall–Kier alpha value is -4.71. The third-order valence-electron chi connectivity index (χ3n) is 8.69. The predicted octanol–water partition coefficient (Wildman–Crippen LogP) is 10.7. The van der Waals surface area contributed by atoms with Crippen molar-refractivity contribution in [3.05, 3.63) is 155 Å². The van der Waals surface area contributed by atoms with Crippen LogP contribution in [0.4, 0.5) is 11.4 Å². The molecule has 8 rings (SSSR count). The molecule has 0 aliphatic carbocycles. The molecular weight excluding hydrogens is 599 g/mol. The number of fused-ring (bicyclic) bond motifs is 8. The van der Waals surface area contributed by atoms with Crippen molar-refractivity contribution >= 4 is 74.2 Å². The molecule has 0 amide bonds. The van der Waals surface area contributed by atoms with Crippen molar-refractivity contribution in [1.82, 2.24) is 0 Å². The number of anilines is 2. The van der Waals surface area contributed by atoms with E-state index in [1.54, 1.807) is 0 Å². The highest BCUT2D eigenvalue weighted by Gasteiger charge is 2.24. The van der Waals surface area contributed by atoms with E-state index in [9.17, 15) is 0 Å². The molecular formula is C41H34N3S2+. The van der Waals surface area contributed by atoms with Gasteiger partial charge in [-0.05, 0) is 68.0 Å². The number of rotatable bonds is 6. The Labute approximate surface area is 278 Å². The number of nitrogens with zero attached hydrogens (tertiary/aromatic N) is 3. The van der Waals surface area contributed by atoms with Crippen LogP contribution in [0.5, 0.6) is 0 Å². The zero-order valence-corrected chi connectivity index (χ0v) is 27.6. The van der Waals surface area contributed by atoms with Gasteiger partial charge in [0.05, 0.1) is 32.2 Å². The molecule has 0 saturated heterocycles. The normalized spacial score (nSPS) is 16.3. The van der Waals surface area contributed by atoms with E-state index < -0.39 is 0 Å². The van der Waals surface area contributed by atoms with Gasteiger partial charge >= 0.3 is 0 Å². The third kappa shape index (κ3) is 5.00. The number of hydrogen-bond acceptors (Lipinski definition) is 4. The monoisotopic (exact) mass is 632 g/mol. The lowest BCUT2D eigenvalue weighted by Gasteiger charge is -2.17. The second-order valence-corrected chi connectivity index (χ2v) is 13.5. The van der Waals surface area contributed by atoms with E-state index in [2.05, 4.69) is 174 Å². The summed E-state index contributed by atoms with van der Waals surface area (Å²) in [6.07, 6.45) is 13.4. The van der Waals surface area contributed by atoms with Crippen LogP contribution >= 0.6 is 23.5 Å². The van der Waals surface area contributed by atoms with Crippen molar-refractivity contribution in [2.75, 3.05) is 22.9 Å². The molecule has 0 fully saturated rings. The zero-order valence-electron chi connectivity index (χ0n) is 25.9. The molecule has 46 heavy (non-hydrogen) atoms. The summed E-state index contributed by atoms with van der Waals surface area (Å²) in [7, 11) is 0. The molecule has 224 valence electrons. The molecule has 2 aliphatic rings. The van der Waals surface area contributed by atoms with Gasteiger partial charge in [0, 0.05) is 52.5 Å². The summed E-state index contributed by atoms with van der Waals surface area (Å²) in [6, 6.07) is 39.5. The highest BCUT2D eigenvalue weighted by atomic mass is 32.2. The van der Waals surface area contributed by atoms with E-state index in [4.69, 9.17) is 0 Å². The number of benzene rings is 4. The number of allylic oxidation sites excluding steroid dienone is 4. The highest BCUT2D eigenvalue weighted by Crippen LogP contribution is 2.46. The summed E-state index contributed by atoms with van der Waals surface area (Å²) in [5.74, 6) is 0. The van der Waals surface area contributed by atoms with E-state index in [1.807, 2.05) is 23.5 Å². The van der Waals surface area contributed by atoms with Crippen molar-refractivity contribution in [2.24, 2.45) is 0 Å². The van der Waals surface area contributed by atoms with Gasteiger partial charge < -0.3 is 9.80 Å². The average Bonchev–Trinajstić information content (AvgIpc) is 3.65. The van der Waals surface area contributed by atoms with Crippen LogP contribution in [0.3, 0.4) is 0 Å². The first kappa shape index (κ1) is 28.7. The third-order valence-corrected chi connectivity index (χ3v) is 11.0. The number of thioether (sulfide) groups is 2. The van der Waals surface area contributed by atoms with Crippen LogP contribution in [0.15, 0.2) is 153 Å². The second-order valence-electron chi connectivity index (χ2n) is 11.4. The van der Waals surface area contributed by atoms with Gasteiger partial charge in [-0.1, -0.05) is 96.3 Å². The van der Waals surface area contributed by atoms with Gasteiger partial charge in [-0.2, -0.15) is 4.40 Å². The number of pyridine rings is 2. The van der Waals surface area contributed by atoms with Crippen LogP contribution in [0, 0.1) is 0 Å². The maximum atomic E-state index is 2.42. The Balaban J connectivity index is 1.24. The molecule has 2 aromatic heterocycles. The molecule has 0 atom stereocenters. The summed E-state index contributed by atoms with van der Waals surface area (Å²) < 4.78 is 2.42. The van der Waals surface area contributed by atoms with Gasteiger partial charge in [-0.3, -0.25) is 0 Å². The second kappa shape index (κ2) is 12.2. The van der Waals surface area contributed by atoms with E-state index in [-0.39, 0.29) is 0 Å². The minimum absolute atomic E-state index is 0.937. The van der Waals surface area contributed by atoms with Crippen LogP contribution in [0.25, 0.3) is 39.3 Å². The first-order valence-electron chi connectivity index (χ1n) is 15.9. The van der Waals surface area contributed by atoms with Gasteiger partial charge in [0.2, 0.25) is 16.7 Å². The molecule has 4 aromatic carbocycles. The first-order valence-corrected chi connectivity index (χ1v) is 17.5. The van der Waals surface area contributed by atoms with Crippen molar-refractivity contribution in [1.29, 1.82) is 0 Å². The van der Waals surface area contributed by atoms with Gasteiger partial charge in [0.15, 0.2) is 0 Å². The fourth-order valence-corrected chi connectivity index (χ4v) is 8.92. The Morgan fingerprint density at radius 1 is 0.565 bits per heavy atom. The molecule has 6 aromatic rings. The maximum Gasteiger partial charge on any atom is 0.220 e. The van der Waals surface area contributed by atoms with Crippen LogP contribution in [0.2, 0.25) is 0 Å². The molecule has 5 heteroatoms. The topological polar surface area (TPSA) is 10.6 Å². The number of aromatic nitrogens is 1. The first-order chi connectivity index (χ1) is 22.7. The quantitative estimate of drug-likeness (QED) is 0.134. The maximum absolute atomic E-state index is 2.42. The van der Waals surface area contributed by atoms with Gasteiger partial charge in [0.25, 0.3) is 0 Å². The summed E-state index contributed by atoms with van der Waals surface area (Å²) in [6.45, 7) is 6.31. The van der Waals surface area contributed by atoms with Gasteiger partial charge in [-0.15, -0.1) is 0 Å². The van der Waals surface area contributed by atoms with Crippen molar-refractivity contribution in [2.45, 2.75) is 23.6 Å². The minimum atomic E-state index is 0.937. The smallest absolute Gasteiger partial charge is 0.220 e. The Kier molecular flexibility index (Phi) is 7.65. The van der Waals surface area contributed by atoms with Crippen molar-refractivity contribution in [3.63, 3.8) is 0 Å². The molecule has 4 heterocycles. The van der Waals surface area contributed by atoms with E-state index in [1.165, 1.54) is 64.0 Å². The standard InChI is InChI=1S/C41H34N3S2/c1-3-42-35-21-9-11-23-38(35)45-40(42)25-13-15-29-27-30(16-14-26-41-43(4-2)36-22-10-12-24-39(36)46-41)44-34-20-8-7-18-32(34)31-17-5-6-19-33(31)37(44)28-29/h5-28H,3-4H2,1-2H3/q+1. The van der Waals surface area contributed by atoms with Crippen molar-refractivity contribution in [3.8, 4) is 0 Å².